The Labute approximate surface area is 139 Å². The van der Waals surface area contributed by atoms with Gasteiger partial charge in [0.25, 0.3) is 5.91 Å². The summed E-state index contributed by atoms with van der Waals surface area (Å²) in [5, 5.41) is 0. The Kier molecular flexibility index (Phi) is 5.92. The van der Waals surface area contributed by atoms with Crippen molar-refractivity contribution in [3.05, 3.63) is 0 Å². The molecule has 1 saturated carbocycles. The Morgan fingerprint density at radius 1 is 0.696 bits per heavy atom. The first-order valence-electron chi connectivity index (χ1n) is 9.45. The second kappa shape index (κ2) is 8.13. The fourth-order valence-electron chi connectivity index (χ4n) is 4.08. The molecule has 23 heavy (non-hydrogen) atoms. The summed E-state index contributed by atoms with van der Waals surface area (Å²) in [6.45, 7) is 3.41. The van der Waals surface area contributed by atoms with E-state index in [1.165, 1.54) is 32.1 Å². The number of carbonyl (C=O) groups is 2. The average molecular weight is 322 g/mol. The minimum Gasteiger partial charge on any atom is -0.368 e. The quantitative estimate of drug-likeness (QED) is 0.783. The molecule has 5 heteroatoms. The van der Waals surface area contributed by atoms with E-state index >= 15 is 0 Å². The van der Waals surface area contributed by atoms with Gasteiger partial charge in [0.05, 0.1) is 0 Å². The second-order valence-electron chi connectivity index (χ2n) is 7.19. The monoisotopic (exact) mass is 322 g/mol. The number of hydrogen-bond acceptors (Lipinski definition) is 3. The van der Waals surface area contributed by atoms with Crippen LogP contribution < -0.4 is 0 Å². The lowest BCUT2D eigenvalue weighted by atomic mass is 9.90. The van der Waals surface area contributed by atoms with Crippen LogP contribution in [0, 0.1) is 5.92 Å². The summed E-state index contributed by atoms with van der Waals surface area (Å²) in [7, 11) is 0. The zero-order valence-corrected chi connectivity index (χ0v) is 14.2. The summed E-state index contributed by atoms with van der Waals surface area (Å²) in [4.78, 5) is 29.0. The fraction of sp³-hybridized carbons (Fsp3) is 0.889. The van der Waals surface area contributed by atoms with E-state index in [0.717, 1.165) is 25.7 Å². The molecule has 0 N–H and O–H groups in total. The maximum Gasteiger partial charge on any atom is 0.251 e. The van der Waals surface area contributed by atoms with Gasteiger partial charge in [-0.25, -0.2) is 0 Å². The predicted molar refractivity (Wildman–Crippen MR) is 87.9 cm³/mol. The van der Waals surface area contributed by atoms with Gasteiger partial charge in [0, 0.05) is 38.7 Å². The topological polar surface area (TPSA) is 49.9 Å². The standard InChI is InChI=1S/C18H30N2O3/c21-17(15-7-4-2-1-3-5-8-15)19-10-12-20(13-11-19)18(22)16-9-6-14-23-16/h15-16H,1-14H2. The van der Waals surface area contributed by atoms with E-state index in [1.54, 1.807) is 0 Å². The predicted octanol–water partition coefficient (Wildman–Crippen LogP) is 2.20. The van der Waals surface area contributed by atoms with Crippen LogP contribution in [0.25, 0.3) is 0 Å². The Morgan fingerprint density at radius 2 is 1.26 bits per heavy atom. The van der Waals surface area contributed by atoms with Gasteiger partial charge in [0.2, 0.25) is 5.91 Å². The van der Waals surface area contributed by atoms with Crippen LogP contribution in [0.4, 0.5) is 0 Å². The third kappa shape index (κ3) is 4.25. The molecule has 0 aromatic carbocycles. The first-order valence-corrected chi connectivity index (χ1v) is 9.45. The number of rotatable bonds is 2. The minimum absolute atomic E-state index is 0.126. The summed E-state index contributed by atoms with van der Waals surface area (Å²) in [6.07, 6.45) is 9.94. The Hall–Kier alpha value is -1.10. The van der Waals surface area contributed by atoms with Crippen molar-refractivity contribution in [3.8, 4) is 0 Å². The molecular formula is C18H30N2O3. The number of nitrogens with zero attached hydrogens (tertiary/aromatic N) is 2. The van der Waals surface area contributed by atoms with Crippen LogP contribution >= 0.6 is 0 Å². The Morgan fingerprint density at radius 3 is 1.83 bits per heavy atom. The zero-order valence-electron chi connectivity index (χ0n) is 14.2. The van der Waals surface area contributed by atoms with Crippen molar-refractivity contribution in [1.82, 2.24) is 9.80 Å². The van der Waals surface area contributed by atoms with E-state index < -0.39 is 0 Å². The first-order chi connectivity index (χ1) is 11.3. The lowest BCUT2D eigenvalue weighted by Gasteiger charge is -2.37. The van der Waals surface area contributed by atoms with E-state index in [-0.39, 0.29) is 17.9 Å². The molecule has 2 amide bonds. The van der Waals surface area contributed by atoms with Gasteiger partial charge in [-0.1, -0.05) is 32.1 Å². The van der Waals surface area contributed by atoms with Gasteiger partial charge >= 0.3 is 0 Å². The van der Waals surface area contributed by atoms with E-state index in [0.29, 0.717) is 38.7 Å². The van der Waals surface area contributed by atoms with Gasteiger partial charge in [-0.2, -0.15) is 0 Å². The number of amides is 2. The molecule has 1 unspecified atom stereocenters. The molecule has 0 radical (unpaired) electrons. The largest absolute Gasteiger partial charge is 0.368 e. The SMILES string of the molecule is O=C(C1CCCCCCC1)N1CCN(C(=O)C2CCCO2)CC1. The molecule has 130 valence electrons. The highest BCUT2D eigenvalue weighted by Gasteiger charge is 2.32. The van der Waals surface area contributed by atoms with Crippen LogP contribution in [-0.2, 0) is 14.3 Å². The smallest absolute Gasteiger partial charge is 0.251 e. The van der Waals surface area contributed by atoms with Crippen LogP contribution in [-0.4, -0.2) is 60.5 Å². The fourth-order valence-corrected chi connectivity index (χ4v) is 4.08. The van der Waals surface area contributed by atoms with Gasteiger partial charge in [0.15, 0.2) is 0 Å². The van der Waals surface area contributed by atoms with Crippen molar-refractivity contribution in [2.45, 2.75) is 63.9 Å². The van der Waals surface area contributed by atoms with Gasteiger partial charge in [0.1, 0.15) is 6.10 Å². The molecule has 1 aliphatic carbocycles. The van der Waals surface area contributed by atoms with Crippen molar-refractivity contribution >= 4 is 11.8 Å². The van der Waals surface area contributed by atoms with Gasteiger partial charge in [-0.05, 0) is 25.7 Å². The average Bonchev–Trinajstić information content (AvgIpc) is 3.08. The third-order valence-electron chi connectivity index (χ3n) is 5.56. The Bertz CT molecular complexity index is 404. The Balaban J connectivity index is 1.47. The van der Waals surface area contributed by atoms with Gasteiger partial charge < -0.3 is 14.5 Å². The van der Waals surface area contributed by atoms with Crippen LogP contribution in [0.15, 0.2) is 0 Å². The summed E-state index contributed by atoms with van der Waals surface area (Å²) in [5.41, 5.74) is 0. The van der Waals surface area contributed by atoms with Crippen LogP contribution in [0.3, 0.4) is 0 Å². The molecule has 0 bridgehead atoms. The maximum atomic E-state index is 12.7. The third-order valence-corrected chi connectivity index (χ3v) is 5.56. The maximum absolute atomic E-state index is 12.7. The molecule has 5 nitrogen and oxygen atoms in total. The summed E-state index contributed by atoms with van der Waals surface area (Å²) < 4.78 is 5.49. The highest BCUT2D eigenvalue weighted by molar-refractivity contribution is 5.82. The van der Waals surface area contributed by atoms with Crippen LogP contribution in [0.5, 0.6) is 0 Å². The van der Waals surface area contributed by atoms with Gasteiger partial charge in [-0.15, -0.1) is 0 Å². The summed E-state index contributed by atoms with van der Waals surface area (Å²) in [5.74, 6) is 0.674. The summed E-state index contributed by atoms with van der Waals surface area (Å²) >= 11 is 0. The van der Waals surface area contributed by atoms with Crippen molar-refractivity contribution in [2.75, 3.05) is 32.8 Å². The van der Waals surface area contributed by atoms with E-state index in [2.05, 4.69) is 0 Å². The number of carbonyl (C=O) groups excluding carboxylic acids is 2. The van der Waals surface area contributed by atoms with E-state index in [4.69, 9.17) is 4.74 Å². The molecule has 2 heterocycles. The van der Waals surface area contributed by atoms with E-state index in [9.17, 15) is 9.59 Å². The molecule has 0 aromatic heterocycles. The van der Waals surface area contributed by atoms with Crippen molar-refractivity contribution in [3.63, 3.8) is 0 Å². The number of piperazine rings is 1. The normalized spacial score (nSPS) is 27.6. The minimum atomic E-state index is -0.233. The van der Waals surface area contributed by atoms with Crippen molar-refractivity contribution in [1.29, 1.82) is 0 Å². The molecule has 3 rings (SSSR count). The highest BCUT2D eigenvalue weighted by atomic mass is 16.5. The van der Waals surface area contributed by atoms with Crippen molar-refractivity contribution in [2.24, 2.45) is 5.92 Å². The molecular weight excluding hydrogens is 292 g/mol. The lowest BCUT2D eigenvalue weighted by molar-refractivity contribution is -0.147. The second-order valence-corrected chi connectivity index (χ2v) is 7.19. The highest BCUT2D eigenvalue weighted by Crippen LogP contribution is 2.25. The number of hydrogen-bond donors (Lipinski definition) is 0. The molecule has 0 spiro atoms. The van der Waals surface area contributed by atoms with Crippen molar-refractivity contribution < 1.29 is 14.3 Å². The molecule has 3 fully saturated rings. The molecule has 0 aromatic rings. The molecule has 2 aliphatic heterocycles. The van der Waals surface area contributed by atoms with Crippen LogP contribution in [0.2, 0.25) is 0 Å². The van der Waals surface area contributed by atoms with Gasteiger partial charge in [-0.3, -0.25) is 9.59 Å². The molecule has 3 aliphatic rings. The first kappa shape index (κ1) is 16.7. The molecule has 2 saturated heterocycles. The molecule has 1 atom stereocenters. The lowest BCUT2D eigenvalue weighted by Crippen LogP contribution is -2.53. The van der Waals surface area contributed by atoms with Crippen LogP contribution in [0.1, 0.15) is 57.8 Å². The zero-order chi connectivity index (χ0) is 16.1. The van der Waals surface area contributed by atoms with E-state index in [1.807, 2.05) is 9.80 Å². The number of ether oxygens (including phenoxy) is 1. The summed E-state index contributed by atoms with van der Waals surface area (Å²) in [6, 6.07) is 0.